The van der Waals surface area contributed by atoms with Gasteiger partial charge in [0.1, 0.15) is 0 Å². The van der Waals surface area contributed by atoms with Gasteiger partial charge in [0.2, 0.25) is 0 Å². The highest BCUT2D eigenvalue weighted by atomic mass is 32.3. The minimum absolute atomic E-state index is 1.14. The van der Waals surface area contributed by atoms with Gasteiger partial charge in [-0.2, -0.15) is 10.0 Å². The molecular formula is C55H42S. The fraction of sp³-hybridized carbons (Fsp3) is 0.0545. The van der Waals surface area contributed by atoms with E-state index in [0.717, 1.165) is 5.57 Å². The smallest absolute Gasteiger partial charge is 0.00220 e. The molecule has 9 aromatic carbocycles. The van der Waals surface area contributed by atoms with Crippen molar-refractivity contribution in [3.05, 3.63) is 200 Å². The molecule has 0 N–H and O–H groups in total. The van der Waals surface area contributed by atoms with E-state index in [4.69, 9.17) is 0 Å². The molecule has 0 aliphatic carbocycles. The van der Waals surface area contributed by atoms with Gasteiger partial charge in [0.05, 0.1) is 0 Å². The van der Waals surface area contributed by atoms with Crippen molar-refractivity contribution in [2.24, 2.45) is 0 Å². The van der Waals surface area contributed by atoms with E-state index in [2.05, 4.69) is 208 Å². The Balaban J connectivity index is 1.39. The Labute approximate surface area is 331 Å². The lowest BCUT2D eigenvalue weighted by Crippen LogP contribution is -1.96. The first kappa shape index (κ1) is 34.1. The Kier molecular flexibility index (Phi) is 8.17. The van der Waals surface area contributed by atoms with Crippen LogP contribution in [-0.4, -0.2) is 12.5 Å². The molecule has 10 rings (SSSR count). The van der Waals surface area contributed by atoms with E-state index in [0.29, 0.717) is 0 Å². The van der Waals surface area contributed by atoms with Crippen molar-refractivity contribution in [2.45, 2.75) is 16.7 Å². The first-order chi connectivity index (χ1) is 27.5. The molecule has 1 heterocycles. The molecule has 0 nitrogen and oxygen atoms in total. The fourth-order valence-electron chi connectivity index (χ4n) is 9.18. The lowest BCUT2D eigenvalue weighted by molar-refractivity contribution is 1.45. The van der Waals surface area contributed by atoms with E-state index >= 15 is 0 Å². The SMILES string of the molecule is C=C/C=C(\C=C/C)c1ccc2c(-c3cccc4ccccc34)c3cc4c(cc3c(-c3cccc5ccccc35)c2c1)S(C)(C)c1cc(-c2ccccc2)ccc1-4. The zero-order valence-electron chi connectivity index (χ0n) is 32.0. The van der Waals surface area contributed by atoms with Crippen LogP contribution in [0.15, 0.2) is 204 Å². The van der Waals surface area contributed by atoms with Gasteiger partial charge >= 0.3 is 0 Å². The molecule has 0 radical (unpaired) electrons. The molecule has 9 aromatic rings. The van der Waals surface area contributed by atoms with Crippen LogP contribution in [0.25, 0.3) is 93.2 Å². The van der Waals surface area contributed by atoms with Crippen molar-refractivity contribution >= 4 is 58.7 Å². The third-order valence-electron chi connectivity index (χ3n) is 11.8. The number of rotatable bonds is 6. The normalized spacial score (nSPS) is 14.1. The second-order valence-corrected chi connectivity index (χ2v) is 18.8. The largest absolute Gasteiger partial charge is 0.192 e. The second kappa shape index (κ2) is 13.4. The van der Waals surface area contributed by atoms with E-state index in [1.54, 1.807) is 0 Å². The molecule has 0 atom stereocenters. The summed E-state index contributed by atoms with van der Waals surface area (Å²) in [5.74, 6) is 0. The average Bonchev–Trinajstić information content (AvgIpc) is 3.46. The van der Waals surface area contributed by atoms with Gasteiger partial charge < -0.3 is 0 Å². The Bertz CT molecular complexity index is 3110. The van der Waals surface area contributed by atoms with Crippen LogP contribution < -0.4 is 0 Å². The summed E-state index contributed by atoms with van der Waals surface area (Å²) in [6.45, 7) is 6.15. The number of benzene rings is 9. The number of hydrogen-bond acceptors (Lipinski definition) is 0. The predicted octanol–water partition coefficient (Wildman–Crippen LogP) is 15.9. The summed E-state index contributed by atoms with van der Waals surface area (Å²) in [6.07, 6.45) is 13.3. The molecule has 0 unspecified atom stereocenters. The maximum absolute atomic E-state index is 4.07. The van der Waals surface area contributed by atoms with Crippen molar-refractivity contribution in [1.82, 2.24) is 0 Å². The molecule has 56 heavy (non-hydrogen) atoms. The molecule has 0 fully saturated rings. The topological polar surface area (TPSA) is 0 Å². The second-order valence-electron chi connectivity index (χ2n) is 15.2. The third-order valence-corrected chi connectivity index (χ3v) is 14.7. The molecule has 0 saturated carbocycles. The molecule has 268 valence electrons. The van der Waals surface area contributed by atoms with Crippen molar-refractivity contribution in [3.8, 4) is 44.5 Å². The monoisotopic (exact) mass is 734 g/mol. The van der Waals surface area contributed by atoms with Gasteiger partial charge in [0.25, 0.3) is 0 Å². The lowest BCUT2D eigenvalue weighted by atomic mass is 9.82. The van der Waals surface area contributed by atoms with Crippen LogP contribution in [-0.2, 0) is 0 Å². The minimum atomic E-state index is -1.36. The molecule has 1 aliphatic heterocycles. The third kappa shape index (κ3) is 5.30. The highest BCUT2D eigenvalue weighted by molar-refractivity contribution is 8.33. The Morgan fingerprint density at radius 2 is 1.05 bits per heavy atom. The summed E-state index contributed by atoms with van der Waals surface area (Å²) >= 11 is 0. The fourth-order valence-corrected chi connectivity index (χ4v) is 11.7. The number of fused-ring (bicyclic) bond motifs is 7. The van der Waals surface area contributed by atoms with Gasteiger partial charge in [-0.25, -0.2) is 0 Å². The maximum Gasteiger partial charge on any atom is 0.00220 e. The summed E-state index contributed by atoms with van der Waals surface area (Å²) in [7, 11) is -1.36. The minimum Gasteiger partial charge on any atom is -0.192 e. The van der Waals surface area contributed by atoms with Crippen LogP contribution in [0.2, 0.25) is 0 Å². The summed E-state index contributed by atoms with van der Waals surface area (Å²) in [4.78, 5) is 2.91. The van der Waals surface area contributed by atoms with Crippen LogP contribution in [0, 0.1) is 0 Å². The zero-order valence-corrected chi connectivity index (χ0v) is 32.8. The maximum atomic E-state index is 4.07. The van der Waals surface area contributed by atoms with Crippen LogP contribution in [0.5, 0.6) is 0 Å². The first-order valence-corrected chi connectivity index (χ1v) is 21.8. The zero-order chi connectivity index (χ0) is 38.0. The molecule has 0 aromatic heterocycles. The molecule has 0 bridgehead atoms. The van der Waals surface area contributed by atoms with Gasteiger partial charge in [-0.3, -0.25) is 0 Å². The first-order valence-electron chi connectivity index (χ1n) is 19.4. The van der Waals surface area contributed by atoms with Gasteiger partial charge in [-0.15, -0.1) is 0 Å². The molecule has 0 spiro atoms. The average molecular weight is 735 g/mol. The van der Waals surface area contributed by atoms with Crippen molar-refractivity contribution in [1.29, 1.82) is 0 Å². The summed E-state index contributed by atoms with van der Waals surface area (Å²) in [5, 5.41) is 10.1. The van der Waals surface area contributed by atoms with E-state index in [-0.39, 0.29) is 0 Å². The highest BCUT2D eigenvalue weighted by Gasteiger charge is 2.34. The Hall–Kier alpha value is -6.41. The van der Waals surface area contributed by atoms with Crippen LogP contribution >= 0.6 is 10.0 Å². The van der Waals surface area contributed by atoms with Gasteiger partial charge in [-0.05, 0) is 142 Å². The van der Waals surface area contributed by atoms with E-state index < -0.39 is 10.0 Å². The van der Waals surface area contributed by atoms with E-state index in [1.165, 1.54) is 103 Å². The van der Waals surface area contributed by atoms with E-state index in [1.807, 2.05) is 6.08 Å². The molecule has 0 saturated heterocycles. The lowest BCUT2D eigenvalue weighted by Gasteiger charge is -2.29. The van der Waals surface area contributed by atoms with Gasteiger partial charge in [0.15, 0.2) is 0 Å². The summed E-state index contributed by atoms with van der Waals surface area (Å²) in [6, 6.07) is 61.5. The van der Waals surface area contributed by atoms with Crippen molar-refractivity contribution in [2.75, 3.05) is 12.5 Å². The molecule has 1 aliphatic rings. The molecule has 1 heteroatoms. The van der Waals surface area contributed by atoms with Crippen molar-refractivity contribution < 1.29 is 0 Å². The van der Waals surface area contributed by atoms with Gasteiger partial charge in [-0.1, -0.05) is 170 Å². The van der Waals surface area contributed by atoms with E-state index in [9.17, 15) is 0 Å². The van der Waals surface area contributed by atoms with Crippen LogP contribution in [0.3, 0.4) is 0 Å². The van der Waals surface area contributed by atoms with Crippen LogP contribution in [0.4, 0.5) is 0 Å². The summed E-state index contributed by atoms with van der Waals surface area (Å²) in [5.41, 5.74) is 12.7. The number of allylic oxidation sites excluding steroid dienone is 5. The predicted molar refractivity (Wildman–Crippen MR) is 247 cm³/mol. The van der Waals surface area contributed by atoms with Crippen molar-refractivity contribution in [3.63, 3.8) is 0 Å². The Morgan fingerprint density at radius 1 is 0.464 bits per heavy atom. The van der Waals surface area contributed by atoms with Gasteiger partial charge in [0, 0.05) is 9.79 Å². The highest BCUT2D eigenvalue weighted by Crippen LogP contribution is 2.69. The standard InChI is InChI=1S/C55H42S/c1-5-16-36(17-6-2)40-29-31-47-49(32-40)55(46-27-15-23-39-21-11-13-25-43(39)46)51-35-53-48(34-50(51)54(47)45-26-14-22-38-20-10-12-24-42(38)45)44-30-28-41(33-52(44)56(53,3)4)37-18-8-7-9-19-37/h5-35H,1H2,2-4H3/b17-6-,36-16+. The molecular weight excluding hydrogens is 693 g/mol. The number of hydrogen-bond donors (Lipinski definition) is 0. The Morgan fingerprint density at radius 3 is 1.73 bits per heavy atom. The quantitative estimate of drug-likeness (QED) is 0.118. The molecule has 0 amide bonds. The summed E-state index contributed by atoms with van der Waals surface area (Å²) < 4.78 is 0. The van der Waals surface area contributed by atoms with Crippen LogP contribution in [0.1, 0.15) is 12.5 Å².